The second kappa shape index (κ2) is 9.21. The van der Waals surface area contributed by atoms with Crippen molar-refractivity contribution in [3.8, 4) is 5.75 Å². The SMILES string of the molecule is CCC(=O)c1ccc(OC[C@H](O)CN[C@H](C)c2ccccc2)cc1. The lowest BCUT2D eigenvalue weighted by molar-refractivity contribution is 0.0986. The van der Waals surface area contributed by atoms with E-state index in [0.29, 0.717) is 24.3 Å². The van der Waals surface area contributed by atoms with Crippen LogP contribution < -0.4 is 10.1 Å². The van der Waals surface area contributed by atoms with Gasteiger partial charge in [0.05, 0.1) is 0 Å². The maximum atomic E-state index is 11.6. The van der Waals surface area contributed by atoms with Gasteiger partial charge in [0, 0.05) is 24.6 Å². The summed E-state index contributed by atoms with van der Waals surface area (Å²) in [5.41, 5.74) is 1.87. The summed E-state index contributed by atoms with van der Waals surface area (Å²) in [7, 11) is 0. The molecular formula is C20H25NO3. The molecule has 4 heteroatoms. The van der Waals surface area contributed by atoms with E-state index in [2.05, 4.69) is 24.4 Å². The molecule has 2 N–H and O–H groups in total. The van der Waals surface area contributed by atoms with Crippen LogP contribution in [0.2, 0.25) is 0 Å². The zero-order valence-corrected chi connectivity index (χ0v) is 14.2. The van der Waals surface area contributed by atoms with E-state index >= 15 is 0 Å². The van der Waals surface area contributed by atoms with Crippen LogP contribution >= 0.6 is 0 Å². The number of Topliss-reactive ketones (excluding diaryl/α,β-unsaturated/α-hetero) is 1. The first-order valence-corrected chi connectivity index (χ1v) is 8.32. The Labute approximate surface area is 143 Å². The van der Waals surface area contributed by atoms with Gasteiger partial charge in [0.2, 0.25) is 0 Å². The number of aliphatic hydroxyl groups excluding tert-OH is 1. The Bertz CT molecular complexity index is 625. The van der Waals surface area contributed by atoms with Gasteiger partial charge in [0.15, 0.2) is 5.78 Å². The van der Waals surface area contributed by atoms with Gasteiger partial charge < -0.3 is 15.2 Å². The van der Waals surface area contributed by atoms with Crippen LogP contribution in [0.1, 0.15) is 42.2 Å². The molecule has 2 aromatic rings. The molecule has 0 aliphatic rings. The third-order valence-corrected chi connectivity index (χ3v) is 3.90. The number of carbonyl (C=O) groups is 1. The fourth-order valence-corrected chi connectivity index (χ4v) is 2.36. The molecule has 0 fully saturated rings. The van der Waals surface area contributed by atoms with Crippen molar-refractivity contribution in [3.63, 3.8) is 0 Å². The van der Waals surface area contributed by atoms with Crippen molar-refractivity contribution in [1.29, 1.82) is 0 Å². The second-order valence-electron chi connectivity index (χ2n) is 5.81. The van der Waals surface area contributed by atoms with Crippen LogP contribution in [0.25, 0.3) is 0 Å². The molecule has 0 bridgehead atoms. The maximum Gasteiger partial charge on any atom is 0.162 e. The molecule has 0 saturated heterocycles. The van der Waals surface area contributed by atoms with Crippen molar-refractivity contribution in [2.45, 2.75) is 32.4 Å². The smallest absolute Gasteiger partial charge is 0.162 e. The Kier molecular flexibility index (Phi) is 6.97. The molecule has 4 nitrogen and oxygen atoms in total. The lowest BCUT2D eigenvalue weighted by atomic mass is 10.1. The molecule has 0 aliphatic heterocycles. The minimum absolute atomic E-state index is 0.112. The van der Waals surface area contributed by atoms with Gasteiger partial charge in [-0.15, -0.1) is 0 Å². The summed E-state index contributed by atoms with van der Waals surface area (Å²) < 4.78 is 5.57. The summed E-state index contributed by atoms with van der Waals surface area (Å²) in [5.74, 6) is 0.762. The molecule has 0 aliphatic carbocycles. The fourth-order valence-electron chi connectivity index (χ4n) is 2.36. The minimum atomic E-state index is -0.604. The first kappa shape index (κ1) is 18.2. The van der Waals surface area contributed by atoms with E-state index in [1.807, 2.05) is 25.1 Å². The number of rotatable bonds is 9. The molecular weight excluding hydrogens is 302 g/mol. The van der Waals surface area contributed by atoms with E-state index in [1.165, 1.54) is 5.56 Å². The third-order valence-electron chi connectivity index (χ3n) is 3.90. The van der Waals surface area contributed by atoms with E-state index in [1.54, 1.807) is 24.3 Å². The van der Waals surface area contributed by atoms with E-state index < -0.39 is 6.10 Å². The van der Waals surface area contributed by atoms with Gasteiger partial charge in [-0.3, -0.25) is 4.79 Å². The van der Waals surface area contributed by atoms with E-state index in [9.17, 15) is 9.90 Å². The average molecular weight is 327 g/mol. The Morgan fingerprint density at radius 3 is 2.42 bits per heavy atom. The lowest BCUT2D eigenvalue weighted by Gasteiger charge is -2.18. The summed E-state index contributed by atoms with van der Waals surface area (Å²) in [6.07, 6.45) is -0.113. The van der Waals surface area contributed by atoms with Crippen LogP contribution in [0.15, 0.2) is 54.6 Å². The van der Waals surface area contributed by atoms with Crippen LogP contribution in [-0.2, 0) is 0 Å². The predicted molar refractivity (Wildman–Crippen MR) is 95.4 cm³/mol. The summed E-state index contributed by atoms with van der Waals surface area (Å²) in [4.78, 5) is 11.6. The van der Waals surface area contributed by atoms with Crippen LogP contribution in [0.4, 0.5) is 0 Å². The van der Waals surface area contributed by atoms with Crippen molar-refractivity contribution >= 4 is 5.78 Å². The topological polar surface area (TPSA) is 58.6 Å². The van der Waals surface area contributed by atoms with Gasteiger partial charge in [-0.2, -0.15) is 0 Å². The highest BCUT2D eigenvalue weighted by molar-refractivity contribution is 5.95. The summed E-state index contributed by atoms with van der Waals surface area (Å²) in [6.45, 7) is 4.55. The van der Waals surface area contributed by atoms with Crippen molar-refractivity contribution in [3.05, 3.63) is 65.7 Å². The van der Waals surface area contributed by atoms with Gasteiger partial charge >= 0.3 is 0 Å². The van der Waals surface area contributed by atoms with E-state index in [0.717, 1.165) is 0 Å². The maximum absolute atomic E-state index is 11.6. The third kappa shape index (κ3) is 5.48. The van der Waals surface area contributed by atoms with Gasteiger partial charge in [-0.25, -0.2) is 0 Å². The molecule has 2 atom stereocenters. The zero-order chi connectivity index (χ0) is 17.4. The highest BCUT2D eigenvalue weighted by atomic mass is 16.5. The summed E-state index contributed by atoms with van der Waals surface area (Å²) in [6, 6.07) is 17.3. The first-order chi connectivity index (χ1) is 11.6. The number of nitrogens with one attached hydrogen (secondary N) is 1. The van der Waals surface area contributed by atoms with Crippen LogP contribution in [0.3, 0.4) is 0 Å². The monoisotopic (exact) mass is 327 g/mol. The number of aliphatic hydroxyl groups is 1. The van der Waals surface area contributed by atoms with Gasteiger partial charge in [0.1, 0.15) is 18.5 Å². The second-order valence-corrected chi connectivity index (χ2v) is 5.81. The fraction of sp³-hybridized carbons (Fsp3) is 0.350. The van der Waals surface area contributed by atoms with Gasteiger partial charge in [-0.05, 0) is 36.8 Å². The predicted octanol–water partition coefficient (Wildman–Crippen LogP) is 3.37. The molecule has 0 heterocycles. The number of hydrogen-bond donors (Lipinski definition) is 2. The number of ketones is 1. The average Bonchev–Trinajstić information content (AvgIpc) is 2.64. The quantitative estimate of drug-likeness (QED) is 0.693. The molecule has 0 radical (unpaired) electrons. The van der Waals surface area contributed by atoms with Crippen LogP contribution in [0.5, 0.6) is 5.75 Å². The van der Waals surface area contributed by atoms with E-state index in [4.69, 9.17) is 4.74 Å². The van der Waals surface area contributed by atoms with Crippen molar-refractivity contribution in [2.24, 2.45) is 0 Å². The standard InChI is InChI=1S/C20H25NO3/c1-3-20(23)17-9-11-19(12-10-17)24-14-18(22)13-21-15(2)16-7-5-4-6-8-16/h4-12,15,18,21-22H,3,13-14H2,1-2H3/t15-,18-/m1/s1. The van der Waals surface area contributed by atoms with Gasteiger partial charge in [0.25, 0.3) is 0 Å². The van der Waals surface area contributed by atoms with Crippen LogP contribution in [0, 0.1) is 0 Å². The molecule has 0 aromatic heterocycles. The Hall–Kier alpha value is -2.17. The largest absolute Gasteiger partial charge is 0.491 e. The van der Waals surface area contributed by atoms with Crippen molar-refractivity contribution < 1.29 is 14.6 Å². The molecule has 128 valence electrons. The van der Waals surface area contributed by atoms with Gasteiger partial charge in [-0.1, -0.05) is 37.3 Å². The van der Waals surface area contributed by atoms with Crippen LogP contribution in [-0.4, -0.2) is 30.1 Å². The Morgan fingerprint density at radius 1 is 1.12 bits per heavy atom. The zero-order valence-electron chi connectivity index (χ0n) is 14.2. The highest BCUT2D eigenvalue weighted by Gasteiger charge is 2.10. The summed E-state index contributed by atoms with van der Waals surface area (Å²) >= 11 is 0. The molecule has 0 spiro atoms. The molecule has 0 amide bonds. The highest BCUT2D eigenvalue weighted by Crippen LogP contribution is 2.14. The molecule has 24 heavy (non-hydrogen) atoms. The minimum Gasteiger partial charge on any atom is -0.491 e. The normalized spacial score (nSPS) is 13.3. The molecule has 2 aromatic carbocycles. The molecule has 2 rings (SSSR count). The number of benzene rings is 2. The Morgan fingerprint density at radius 2 is 1.79 bits per heavy atom. The van der Waals surface area contributed by atoms with Crippen molar-refractivity contribution in [2.75, 3.05) is 13.2 Å². The number of hydrogen-bond acceptors (Lipinski definition) is 4. The van der Waals surface area contributed by atoms with Crippen molar-refractivity contribution in [1.82, 2.24) is 5.32 Å². The lowest BCUT2D eigenvalue weighted by Crippen LogP contribution is -2.33. The first-order valence-electron chi connectivity index (χ1n) is 8.32. The molecule has 0 saturated carbocycles. The van der Waals surface area contributed by atoms with E-state index in [-0.39, 0.29) is 18.4 Å². The molecule has 0 unspecified atom stereocenters. The summed E-state index contributed by atoms with van der Waals surface area (Å²) in [5, 5.41) is 13.3. The number of carbonyl (C=O) groups excluding carboxylic acids is 1. The number of ether oxygens (including phenoxy) is 1. The Balaban J connectivity index is 1.75.